The quantitative estimate of drug-likeness (QED) is 0.112. The van der Waals surface area contributed by atoms with Crippen molar-refractivity contribution < 1.29 is 29.9 Å². The van der Waals surface area contributed by atoms with Gasteiger partial charge in [0.2, 0.25) is 0 Å². The molecular formula is C118H180FN7O5. The molecule has 6 aliphatic rings. The topological polar surface area (TPSA) is 138 Å². The van der Waals surface area contributed by atoms with E-state index in [0.29, 0.717) is 18.6 Å². The lowest BCUT2D eigenvalue weighted by molar-refractivity contribution is -0.185. The Morgan fingerprint density at radius 2 is 0.573 bits per heavy atom. The average molecular weight is 1800 g/mol. The van der Waals surface area contributed by atoms with Gasteiger partial charge in [0.1, 0.15) is 11.3 Å². The minimum Gasteiger partial charge on any atom is -0.399 e. The number of nitrogens with zero attached hydrogens (tertiary/aromatic N) is 4. The number of nitrogens with two attached hydrogens (primary N) is 1. The number of fused-ring (bicyclic) bond motifs is 5. The largest absolute Gasteiger partial charge is 0.399 e. The molecule has 0 saturated carbocycles. The number of ketones is 1. The molecule has 2 spiro atoms. The molecule has 0 aliphatic carbocycles. The zero-order valence-electron chi connectivity index (χ0n) is 86.5. The Bertz CT molecular complexity index is 4640. The van der Waals surface area contributed by atoms with E-state index < -0.39 is 5.54 Å². The minimum atomic E-state index is -0.462. The maximum absolute atomic E-state index is 11.2. The van der Waals surface area contributed by atoms with Gasteiger partial charge in [-0.3, -0.25) is 24.2 Å². The molecule has 12 aromatic rings. The molecule has 18 rings (SSSR count). The second-order valence-electron chi connectivity index (χ2n) is 28.3. The number of Topliss-reactive ketones (excluding diaryl/α,β-unsaturated/α-hetero) is 1. The summed E-state index contributed by atoms with van der Waals surface area (Å²) < 4.78 is 22.6. The lowest BCUT2D eigenvalue weighted by Gasteiger charge is -2.38. The van der Waals surface area contributed by atoms with Crippen LogP contribution in [0.1, 0.15) is 261 Å². The van der Waals surface area contributed by atoms with Crippen LogP contribution in [0.25, 0.3) is 53.9 Å². The Morgan fingerprint density at radius 3 is 0.855 bits per heavy atom. The SMILES string of the molecule is C1CC2(CCN1)OCCO2.CC.CC.CC.CC.CC.CC.CC.CC.CC.CC.CC.CC.CCc1cccc2ccccc12.CCc1cccc2ccccc12.F.N#CC1(Nc2ccccc2)CCN(Cc2cccc3ccccc23)CC1.Nc1ccccc1.O=C1CCN(Cc2cccc3ccccc23)CC1.[HH].c1ccc2c(CN3CCC4(CC3)OCCO4)cccc2c1. The molecule has 13 heteroatoms. The highest BCUT2D eigenvalue weighted by Crippen LogP contribution is 2.34. The van der Waals surface area contributed by atoms with Gasteiger partial charge in [-0.15, -0.1) is 0 Å². The van der Waals surface area contributed by atoms with Gasteiger partial charge in [0.25, 0.3) is 0 Å². The number of nitrogens with one attached hydrogen (secondary N) is 2. The van der Waals surface area contributed by atoms with Gasteiger partial charge in [0, 0.05) is 123 Å². The Labute approximate surface area is 799 Å². The molecule has 12 nitrogen and oxygen atoms in total. The Kier molecular flexibility index (Phi) is 73.3. The lowest BCUT2D eigenvalue weighted by Crippen LogP contribution is -2.48. The van der Waals surface area contributed by atoms with E-state index >= 15 is 0 Å². The maximum atomic E-state index is 11.2. The molecule has 0 unspecified atom stereocenters. The summed E-state index contributed by atoms with van der Waals surface area (Å²) in [5.41, 5.74) is 13.8. The number of likely N-dealkylation sites (tertiary alicyclic amines) is 3. The average Bonchev–Trinajstić information content (AvgIpc) is 1.42. The van der Waals surface area contributed by atoms with Gasteiger partial charge in [-0.2, -0.15) is 5.26 Å². The maximum Gasteiger partial charge on any atom is 0.170 e. The Hall–Kier alpha value is -9.69. The third-order valence-electron chi connectivity index (χ3n) is 21.2. The van der Waals surface area contributed by atoms with Crippen LogP contribution in [0, 0.1) is 11.3 Å². The number of nitriles is 1. The Balaban J connectivity index is -0.00000145. The normalized spacial score (nSPS) is 14.6. The van der Waals surface area contributed by atoms with Gasteiger partial charge in [0.15, 0.2) is 11.6 Å². The molecule has 131 heavy (non-hydrogen) atoms. The number of rotatable bonds is 10. The number of carbonyl (C=O) groups excluding carboxylic acids is 1. The second kappa shape index (κ2) is 77.9. The van der Waals surface area contributed by atoms with E-state index in [9.17, 15) is 10.1 Å². The van der Waals surface area contributed by atoms with Gasteiger partial charge in [-0.1, -0.05) is 429 Å². The third kappa shape index (κ3) is 43.3. The van der Waals surface area contributed by atoms with Crippen LogP contribution in [-0.4, -0.2) is 116 Å². The first kappa shape index (κ1) is 123. The summed E-state index contributed by atoms with van der Waals surface area (Å²) in [5, 5.41) is 29.9. The highest BCUT2D eigenvalue weighted by molar-refractivity contribution is 5.89. The van der Waals surface area contributed by atoms with Crippen LogP contribution in [0.15, 0.2) is 273 Å². The van der Waals surface area contributed by atoms with Crippen molar-refractivity contribution in [3.8, 4) is 6.07 Å². The number of benzene rings is 12. The van der Waals surface area contributed by atoms with Crippen LogP contribution in [0.5, 0.6) is 0 Å². The molecule has 724 valence electrons. The summed E-state index contributed by atoms with van der Waals surface area (Å²) in [6.07, 6.45) is 9.31. The van der Waals surface area contributed by atoms with Crippen LogP contribution < -0.4 is 16.4 Å². The van der Waals surface area contributed by atoms with Crippen molar-refractivity contribution in [2.45, 2.75) is 281 Å². The molecule has 6 fully saturated rings. The van der Waals surface area contributed by atoms with Gasteiger partial charge >= 0.3 is 0 Å². The van der Waals surface area contributed by atoms with E-state index in [0.717, 1.165) is 161 Å². The van der Waals surface area contributed by atoms with Crippen LogP contribution >= 0.6 is 0 Å². The van der Waals surface area contributed by atoms with Crippen LogP contribution in [-0.2, 0) is 56.2 Å². The van der Waals surface area contributed by atoms with E-state index in [-0.39, 0.29) is 17.7 Å². The summed E-state index contributed by atoms with van der Waals surface area (Å²) in [5.74, 6) is -0.0512. The van der Waals surface area contributed by atoms with Crippen LogP contribution in [0.4, 0.5) is 16.1 Å². The fourth-order valence-corrected chi connectivity index (χ4v) is 15.2. The summed E-state index contributed by atoms with van der Waals surface area (Å²) in [4.78, 5) is 18.6. The number of ether oxygens (including phenoxy) is 4. The molecule has 0 radical (unpaired) electrons. The third-order valence-corrected chi connectivity index (χ3v) is 21.2. The lowest BCUT2D eigenvalue weighted by atomic mass is 9.88. The highest BCUT2D eigenvalue weighted by Gasteiger charge is 2.40. The zero-order valence-corrected chi connectivity index (χ0v) is 86.5. The Morgan fingerprint density at radius 1 is 0.328 bits per heavy atom. The first-order valence-electron chi connectivity index (χ1n) is 50.4. The summed E-state index contributed by atoms with van der Waals surface area (Å²) in [6.45, 7) is 66.2. The predicted molar refractivity (Wildman–Crippen MR) is 578 cm³/mol. The fraction of sp³-hybridized carbons (Fsp3) is 0.458. The monoisotopic (exact) mass is 1790 g/mol. The molecule has 6 saturated heterocycles. The molecule has 0 bridgehead atoms. The van der Waals surface area contributed by atoms with E-state index in [1.165, 1.54) is 81.7 Å². The van der Waals surface area contributed by atoms with E-state index in [2.05, 4.69) is 258 Å². The number of piperidine rings is 4. The molecule has 6 heterocycles. The van der Waals surface area contributed by atoms with Crippen molar-refractivity contribution in [2.75, 3.05) is 89.8 Å². The van der Waals surface area contributed by atoms with Crippen molar-refractivity contribution in [1.82, 2.24) is 20.0 Å². The van der Waals surface area contributed by atoms with Gasteiger partial charge < -0.3 is 35.3 Å². The predicted octanol–water partition coefficient (Wildman–Crippen LogP) is 31.9. The van der Waals surface area contributed by atoms with Gasteiger partial charge in [-0.05, 0) is 132 Å². The van der Waals surface area contributed by atoms with E-state index in [1.54, 1.807) is 0 Å². The summed E-state index contributed by atoms with van der Waals surface area (Å²) in [6, 6.07) is 97.4. The van der Waals surface area contributed by atoms with Crippen molar-refractivity contribution in [3.05, 3.63) is 301 Å². The number of carbonyl (C=O) groups is 1. The number of hydrogen-bond acceptors (Lipinski definition) is 12. The van der Waals surface area contributed by atoms with Crippen LogP contribution in [0.3, 0.4) is 0 Å². The molecule has 4 N–H and O–H groups in total. The number of halogens is 1. The minimum absolute atomic E-state index is 0. The molecule has 0 atom stereocenters. The number of anilines is 2. The number of nitrogen functional groups attached to an aromatic ring is 1. The number of hydrogen-bond donors (Lipinski definition) is 3. The van der Waals surface area contributed by atoms with Gasteiger partial charge in [0.05, 0.1) is 32.5 Å². The first-order chi connectivity index (χ1) is 64.1. The number of aryl methyl sites for hydroxylation is 2. The standard InChI is InChI=1S/C23H23N3.C18H21NO2.C16H17NO.2C12H12.C7H13NO2.C6H7N.12C2H6.FH.H2/c24-18-23(25-21-10-2-1-3-11-21)13-15-26(16-14-23)17-20-9-6-8-19-7-4-5-12-22(19)20;1-2-7-17-15(4-1)5-3-6-16(17)14-19-10-8-18(9-11-19)20-12-13-21-18;18-15-8-10-17(11-9-15)12-14-6-3-5-13-4-1-2-7-16(13)14;2*1-2-10-7-5-8-11-6-3-4-9-12(10)11;1-3-8-4-2-7(1)9-5-6-10-7;7-6-4-2-1-3-5-6;12*1-2;;/h1-12,25H,13-17H2;1-7H,8-14H2;1-7H,8-12H2;2*3-9H,2H2,1H3;8H,1-6H2;1-5H,7H2;12*1-2H3;2*1H. The summed E-state index contributed by atoms with van der Waals surface area (Å²) in [7, 11) is 0. The van der Waals surface area contributed by atoms with Crippen molar-refractivity contribution in [2.24, 2.45) is 0 Å². The first-order valence-corrected chi connectivity index (χ1v) is 50.4. The van der Waals surface area contributed by atoms with Crippen molar-refractivity contribution >= 4 is 71.0 Å². The molecular weight excluding hydrogens is 1610 g/mol. The van der Waals surface area contributed by atoms with E-state index in [4.69, 9.17) is 24.7 Å². The van der Waals surface area contributed by atoms with Crippen molar-refractivity contribution in [3.63, 3.8) is 0 Å². The zero-order chi connectivity index (χ0) is 97.1. The molecule has 0 aromatic heterocycles. The summed E-state index contributed by atoms with van der Waals surface area (Å²) >= 11 is 0. The molecule has 0 amide bonds. The highest BCUT2D eigenvalue weighted by atomic mass is 19.0. The second-order valence-corrected chi connectivity index (χ2v) is 28.3. The smallest absolute Gasteiger partial charge is 0.170 e. The van der Waals surface area contributed by atoms with Crippen molar-refractivity contribution in [1.29, 1.82) is 5.26 Å². The number of para-hydroxylation sites is 2. The van der Waals surface area contributed by atoms with Crippen LogP contribution in [0.2, 0.25) is 0 Å². The molecule has 12 aromatic carbocycles. The molecule has 6 aliphatic heterocycles. The fourth-order valence-electron chi connectivity index (χ4n) is 15.2. The van der Waals surface area contributed by atoms with E-state index in [1.807, 2.05) is 227 Å². The van der Waals surface area contributed by atoms with Gasteiger partial charge in [-0.25, -0.2) is 0 Å².